The van der Waals surface area contributed by atoms with Crippen LogP contribution in [0.3, 0.4) is 0 Å². The van der Waals surface area contributed by atoms with Gasteiger partial charge in [-0.15, -0.1) is 0 Å². The Morgan fingerprint density at radius 1 is 0.762 bits per heavy atom. The molecule has 0 bridgehead atoms. The molecule has 1 aliphatic rings. The minimum Gasteiger partial charge on any atom is -0.481 e. The molecule has 5 aromatic carbocycles. The Morgan fingerprint density at radius 3 is 2.26 bits per heavy atom. The molecular formula is C38H34N2O2. The second kappa shape index (κ2) is 11.1. The predicted molar refractivity (Wildman–Crippen MR) is 171 cm³/mol. The van der Waals surface area contributed by atoms with Crippen molar-refractivity contribution >= 4 is 21.7 Å². The van der Waals surface area contributed by atoms with Crippen LogP contribution in [-0.4, -0.2) is 37.3 Å². The molecule has 1 aliphatic heterocycles. The molecule has 0 N–H and O–H groups in total. The van der Waals surface area contributed by atoms with Crippen LogP contribution in [0.4, 0.5) is 0 Å². The van der Waals surface area contributed by atoms with Crippen molar-refractivity contribution in [3.8, 4) is 17.0 Å². The van der Waals surface area contributed by atoms with Gasteiger partial charge in [-0.05, 0) is 64.7 Å². The summed E-state index contributed by atoms with van der Waals surface area (Å²) in [6, 6.07) is 45.2. The van der Waals surface area contributed by atoms with Gasteiger partial charge in [0.2, 0.25) is 5.88 Å². The number of methoxy groups -OCH3 is 1. The first-order valence-electron chi connectivity index (χ1n) is 14.6. The van der Waals surface area contributed by atoms with Gasteiger partial charge in [-0.1, -0.05) is 109 Å². The first kappa shape index (κ1) is 26.4. The highest BCUT2D eigenvalue weighted by molar-refractivity contribution is 5.88. The lowest BCUT2D eigenvalue weighted by Crippen LogP contribution is -2.47. The lowest BCUT2D eigenvalue weighted by atomic mass is 9.70. The molecule has 4 heteroatoms. The van der Waals surface area contributed by atoms with Crippen molar-refractivity contribution in [3.63, 3.8) is 0 Å². The maximum absolute atomic E-state index is 7.09. The third-order valence-electron chi connectivity index (χ3n) is 8.67. The number of rotatable bonds is 6. The maximum Gasteiger partial charge on any atom is 0.217 e. The standard InChI is InChI=1S/C38H34N2O2/c1-40-23-22-38(42-26-40,34-19-11-17-28-14-9-10-18-32(28)34)36(29-15-7-4-8-16-29)33-25-31-24-30(27-12-5-3-6-13-27)20-21-35(31)39-37(33)41-2/h3-21,24-25,36H,22-23,26H2,1-2H3/t36-,38-/m1/s1. The highest BCUT2D eigenvalue weighted by Gasteiger charge is 2.47. The summed E-state index contributed by atoms with van der Waals surface area (Å²) in [5.41, 5.74) is 6.01. The molecule has 208 valence electrons. The van der Waals surface area contributed by atoms with Crippen LogP contribution in [0, 0.1) is 0 Å². The van der Waals surface area contributed by atoms with Gasteiger partial charge in [-0.25, -0.2) is 4.98 Å². The van der Waals surface area contributed by atoms with E-state index in [1.165, 1.54) is 27.5 Å². The minimum atomic E-state index is -0.644. The summed E-state index contributed by atoms with van der Waals surface area (Å²) >= 11 is 0. The van der Waals surface area contributed by atoms with Gasteiger partial charge >= 0.3 is 0 Å². The van der Waals surface area contributed by atoms with Crippen molar-refractivity contribution in [1.29, 1.82) is 0 Å². The number of fused-ring (bicyclic) bond motifs is 2. The van der Waals surface area contributed by atoms with Crippen molar-refractivity contribution in [2.45, 2.75) is 17.9 Å². The van der Waals surface area contributed by atoms with Crippen molar-refractivity contribution in [1.82, 2.24) is 9.88 Å². The fourth-order valence-electron chi connectivity index (χ4n) is 6.61. The Bertz CT molecular complexity index is 1840. The molecule has 1 fully saturated rings. The van der Waals surface area contributed by atoms with Crippen LogP contribution < -0.4 is 4.74 Å². The molecule has 0 spiro atoms. The van der Waals surface area contributed by atoms with E-state index in [0.29, 0.717) is 12.6 Å². The molecular weight excluding hydrogens is 516 g/mol. The zero-order valence-electron chi connectivity index (χ0n) is 24.0. The Hall–Kier alpha value is -4.51. The maximum atomic E-state index is 7.09. The Labute approximate surface area is 247 Å². The van der Waals surface area contributed by atoms with Crippen molar-refractivity contribution in [3.05, 3.63) is 144 Å². The van der Waals surface area contributed by atoms with Crippen molar-refractivity contribution in [2.24, 2.45) is 0 Å². The van der Waals surface area contributed by atoms with Gasteiger partial charge in [0, 0.05) is 23.4 Å². The predicted octanol–water partition coefficient (Wildman–Crippen LogP) is 8.40. The Balaban J connectivity index is 1.51. The highest BCUT2D eigenvalue weighted by Crippen LogP contribution is 2.52. The van der Waals surface area contributed by atoms with E-state index < -0.39 is 5.60 Å². The van der Waals surface area contributed by atoms with Gasteiger partial charge in [0.15, 0.2) is 0 Å². The zero-order chi connectivity index (χ0) is 28.5. The second-order valence-corrected chi connectivity index (χ2v) is 11.2. The number of benzene rings is 5. The number of aromatic nitrogens is 1. The molecule has 2 heterocycles. The van der Waals surface area contributed by atoms with Gasteiger partial charge in [0.25, 0.3) is 0 Å². The molecule has 2 atom stereocenters. The summed E-state index contributed by atoms with van der Waals surface area (Å²) < 4.78 is 13.2. The smallest absolute Gasteiger partial charge is 0.217 e. The van der Waals surface area contributed by atoms with E-state index in [0.717, 1.165) is 35.0 Å². The third-order valence-corrected chi connectivity index (χ3v) is 8.67. The third kappa shape index (κ3) is 4.63. The average Bonchev–Trinajstić information content (AvgIpc) is 3.06. The number of hydrogen-bond acceptors (Lipinski definition) is 4. The van der Waals surface area contributed by atoms with Crippen LogP contribution in [0.25, 0.3) is 32.8 Å². The monoisotopic (exact) mass is 550 g/mol. The van der Waals surface area contributed by atoms with Gasteiger partial charge < -0.3 is 9.47 Å². The van der Waals surface area contributed by atoms with Gasteiger partial charge in [-0.2, -0.15) is 0 Å². The van der Waals surface area contributed by atoms with Crippen LogP contribution in [0.5, 0.6) is 5.88 Å². The zero-order valence-corrected chi connectivity index (χ0v) is 24.0. The molecule has 1 aromatic heterocycles. The molecule has 0 saturated carbocycles. The molecule has 7 rings (SSSR count). The van der Waals surface area contributed by atoms with E-state index in [1.807, 2.05) is 6.07 Å². The summed E-state index contributed by atoms with van der Waals surface area (Å²) in [5, 5.41) is 3.50. The lowest BCUT2D eigenvalue weighted by molar-refractivity contribution is -0.145. The summed E-state index contributed by atoms with van der Waals surface area (Å²) in [5.74, 6) is 0.469. The summed E-state index contributed by atoms with van der Waals surface area (Å²) in [4.78, 5) is 7.33. The molecule has 0 aliphatic carbocycles. The van der Waals surface area contributed by atoms with Gasteiger partial charge in [0.05, 0.1) is 12.6 Å². The number of hydrogen-bond donors (Lipinski definition) is 0. The van der Waals surface area contributed by atoms with Crippen LogP contribution >= 0.6 is 0 Å². The van der Waals surface area contributed by atoms with E-state index >= 15 is 0 Å². The van der Waals surface area contributed by atoms with E-state index in [9.17, 15) is 0 Å². The highest BCUT2D eigenvalue weighted by atomic mass is 16.5. The molecule has 0 amide bonds. The van der Waals surface area contributed by atoms with Crippen molar-refractivity contribution in [2.75, 3.05) is 27.4 Å². The average molecular weight is 551 g/mol. The Kier molecular flexibility index (Phi) is 6.94. The van der Waals surface area contributed by atoms with E-state index in [1.54, 1.807) is 7.11 Å². The molecule has 6 aromatic rings. The van der Waals surface area contributed by atoms with Crippen LogP contribution in [0.15, 0.2) is 127 Å². The van der Waals surface area contributed by atoms with Crippen LogP contribution in [-0.2, 0) is 10.3 Å². The summed E-state index contributed by atoms with van der Waals surface area (Å²) in [6.45, 7) is 1.45. The summed E-state index contributed by atoms with van der Waals surface area (Å²) in [6.07, 6.45) is 0.822. The fourth-order valence-corrected chi connectivity index (χ4v) is 6.61. The second-order valence-electron chi connectivity index (χ2n) is 11.2. The van der Waals surface area contributed by atoms with Crippen LogP contribution in [0.2, 0.25) is 0 Å². The van der Waals surface area contributed by atoms with E-state index in [4.69, 9.17) is 14.5 Å². The van der Waals surface area contributed by atoms with Crippen LogP contribution in [0.1, 0.15) is 29.0 Å². The summed E-state index contributed by atoms with van der Waals surface area (Å²) in [7, 11) is 3.84. The molecule has 42 heavy (non-hydrogen) atoms. The van der Waals surface area contributed by atoms with Gasteiger partial charge in [-0.3, -0.25) is 4.90 Å². The normalized spacial score (nSPS) is 18.2. The largest absolute Gasteiger partial charge is 0.481 e. The first-order valence-corrected chi connectivity index (χ1v) is 14.6. The number of ether oxygens (including phenoxy) is 2. The van der Waals surface area contributed by atoms with E-state index in [2.05, 4.69) is 133 Å². The minimum absolute atomic E-state index is 0.162. The molecule has 1 saturated heterocycles. The number of pyridine rings is 1. The molecule has 4 nitrogen and oxygen atoms in total. The quantitative estimate of drug-likeness (QED) is 0.209. The molecule has 0 radical (unpaired) electrons. The fraction of sp³-hybridized carbons (Fsp3) is 0.184. The van der Waals surface area contributed by atoms with E-state index in [-0.39, 0.29) is 5.92 Å². The molecule has 0 unspecified atom stereocenters. The lowest BCUT2D eigenvalue weighted by Gasteiger charge is -2.47. The van der Waals surface area contributed by atoms with Gasteiger partial charge in [0.1, 0.15) is 12.3 Å². The Morgan fingerprint density at radius 2 is 1.50 bits per heavy atom. The topological polar surface area (TPSA) is 34.6 Å². The number of nitrogens with zero attached hydrogens (tertiary/aromatic N) is 2. The van der Waals surface area contributed by atoms with Crippen molar-refractivity contribution < 1.29 is 9.47 Å². The SMILES string of the molecule is COc1nc2ccc(-c3ccccc3)cc2cc1[C@@H](c1ccccc1)[C@]1(c2cccc3ccccc23)CCN(C)CO1. The first-order chi connectivity index (χ1) is 20.7.